The van der Waals surface area contributed by atoms with Crippen molar-refractivity contribution in [3.63, 3.8) is 0 Å². The van der Waals surface area contributed by atoms with Gasteiger partial charge >= 0.3 is 18.3 Å². The van der Waals surface area contributed by atoms with E-state index in [1.165, 1.54) is 6.92 Å². The third kappa shape index (κ3) is 2.82. The van der Waals surface area contributed by atoms with E-state index in [2.05, 4.69) is 0 Å². The minimum absolute atomic E-state index is 0.0471. The van der Waals surface area contributed by atoms with E-state index in [0.717, 1.165) is 0 Å². The number of halogens is 4. The fourth-order valence-corrected chi connectivity index (χ4v) is 2.29. The first-order valence-electron chi connectivity index (χ1n) is 5.86. The molecule has 0 spiro atoms. The largest absolute Gasteiger partial charge is 0.479 e. The number of alkyl halides is 4. The number of aliphatic carboxylic acids is 1. The van der Waals surface area contributed by atoms with Crippen LogP contribution in [-0.4, -0.2) is 34.9 Å². The lowest BCUT2D eigenvalue weighted by molar-refractivity contribution is -0.176. The molecule has 19 heavy (non-hydrogen) atoms. The van der Waals surface area contributed by atoms with Crippen molar-refractivity contribution in [1.82, 2.24) is 5.32 Å². The number of hydrogen-bond donors (Lipinski definition) is 2. The van der Waals surface area contributed by atoms with Crippen LogP contribution in [0.25, 0.3) is 0 Å². The van der Waals surface area contributed by atoms with Crippen LogP contribution in [0.15, 0.2) is 0 Å². The molecule has 0 saturated heterocycles. The first-order chi connectivity index (χ1) is 8.64. The maximum Gasteiger partial charge on any atom is 0.383 e. The Labute approximate surface area is 107 Å². The minimum atomic E-state index is -4.89. The molecule has 1 aliphatic rings. The maximum absolute atomic E-state index is 12.9. The van der Waals surface area contributed by atoms with Crippen molar-refractivity contribution in [3.05, 3.63) is 0 Å². The van der Waals surface area contributed by atoms with E-state index in [4.69, 9.17) is 5.11 Å². The van der Waals surface area contributed by atoms with Crippen LogP contribution in [-0.2, 0) is 9.59 Å². The van der Waals surface area contributed by atoms with Crippen molar-refractivity contribution >= 4 is 11.9 Å². The van der Waals surface area contributed by atoms with Crippen molar-refractivity contribution in [2.75, 3.05) is 0 Å². The molecule has 4 nitrogen and oxygen atoms in total. The first kappa shape index (κ1) is 15.7. The number of rotatable bonds is 4. The Balaban J connectivity index is 2.97. The zero-order valence-corrected chi connectivity index (χ0v) is 10.3. The standard InChI is InChI=1S/C11H15F4NO3/c1-6-4-2-3-5-10(6,9(18)19)16-8(17)11(14,15)7(12)13/h6-7H,2-5H2,1H3,(H,16,17)(H,18,19). The summed E-state index contributed by atoms with van der Waals surface area (Å²) in [5.74, 6) is -9.20. The third-order valence-electron chi connectivity index (χ3n) is 3.59. The van der Waals surface area contributed by atoms with E-state index < -0.39 is 35.7 Å². The number of carbonyl (C=O) groups excluding carboxylic acids is 1. The van der Waals surface area contributed by atoms with E-state index in [0.29, 0.717) is 19.3 Å². The highest BCUT2D eigenvalue weighted by Gasteiger charge is 2.54. The van der Waals surface area contributed by atoms with Gasteiger partial charge in [-0.25, -0.2) is 13.6 Å². The summed E-state index contributed by atoms with van der Waals surface area (Å²) < 4.78 is 50.0. The molecule has 2 unspecified atom stereocenters. The third-order valence-corrected chi connectivity index (χ3v) is 3.59. The molecule has 1 fully saturated rings. The molecule has 0 aliphatic heterocycles. The summed E-state index contributed by atoms with van der Waals surface area (Å²) in [5.41, 5.74) is -1.90. The van der Waals surface area contributed by atoms with Gasteiger partial charge in [-0.2, -0.15) is 8.78 Å². The molecular formula is C11H15F4NO3. The monoisotopic (exact) mass is 285 g/mol. The Hall–Kier alpha value is -1.34. The van der Waals surface area contributed by atoms with Gasteiger partial charge in [0.05, 0.1) is 0 Å². The Morgan fingerprint density at radius 2 is 1.95 bits per heavy atom. The highest BCUT2D eigenvalue weighted by atomic mass is 19.3. The quantitative estimate of drug-likeness (QED) is 0.777. The van der Waals surface area contributed by atoms with Gasteiger partial charge in [0.25, 0.3) is 5.91 Å². The Morgan fingerprint density at radius 1 is 1.37 bits per heavy atom. The van der Waals surface area contributed by atoms with E-state index in [9.17, 15) is 27.2 Å². The first-order valence-corrected chi connectivity index (χ1v) is 5.86. The lowest BCUT2D eigenvalue weighted by Crippen LogP contribution is -2.63. The van der Waals surface area contributed by atoms with Crippen LogP contribution >= 0.6 is 0 Å². The van der Waals surface area contributed by atoms with Gasteiger partial charge in [-0.15, -0.1) is 0 Å². The predicted molar refractivity (Wildman–Crippen MR) is 57.1 cm³/mol. The molecule has 1 aliphatic carbocycles. The van der Waals surface area contributed by atoms with Crippen LogP contribution in [0.4, 0.5) is 17.6 Å². The van der Waals surface area contributed by atoms with Gasteiger partial charge < -0.3 is 10.4 Å². The van der Waals surface area contributed by atoms with Crippen molar-refractivity contribution in [3.8, 4) is 0 Å². The maximum atomic E-state index is 12.9. The topological polar surface area (TPSA) is 66.4 Å². The van der Waals surface area contributed by atoms with Crippen LogP contribution in [0, 0.1) is 5.92 Å². The zero-order valence-electron chi connectivity index (χ0n) is 10.3. The van der Waals surface area contributed by atoms with Crippen molar-refractivity contribution < 1.29 is 32.3 Å². The SMILES string of the molecule is CC1CCCCC1(NC(=O)C(F)(F)C(F)F)C(=O)O. The van der Waals surface area contributed by atoms with Crippen LogP contribution < -0.4 is 5.32 Å². The van der Waals surface area contributed by atoms with Crippen molar-refractivity contribution in [2.45, 2.75) is 50.5 Å². The van der Waals surface area contributed by atoms with Crippen molar-refractivity contribution in [1.29, 1.82) is 0 Å². The fourth-order valence-electron chi connectivity index (χ4n) is 2.29. The van der Waals surface area contributed by atoms with E-state index in [-0.39, 0.29) is 6.42 Å². The summed E-state index contributed by atoms with van der Waals surface area (Å²) in [4.78, 5) is 22.5. The molecule has 0 aromatic heterocycles. The molecule has 0 aromatic rings. The van der Waals surface area contributed by atoms with E-state index in [1.54, 1.807) is 5.32 Å². The van der Waals surface area contributed by atoms with Gasteiger partial charge in [-0.05, 0) is 18.8 Å². The van der Waals surface area contributed by atoms with Gasteiger partial charge in [0.15, 0.2) is 0 Å². The number of carbonyl (C=O) groups is 2. The molecule has 8 heteroatoms. The molecule has 0 aromatic carbocycles. The average molecular weight is 285 g/mol. The van der Waals surface area contributed by atoms with Gasteiger partial charge in [-0.1, -0.05) is 19.8 Å². The highest BCUT2D eigenvalue weighted by molar-refractivity contribution is 5.91. The highest BCUT2D eigenvalue weighted by Crippen LogP contribution is 2.35. The van der Waals surface area contributed by atoms with Crippen LogP contribution in [0.2, 0.25) is 0 Å². The summed E-state index contributed by atoms with van der Waals surface area (Å²) in [6, 6.07) is 0. The molecule has 2 N–H and O–H groups in total. The number of amides is 1. The van der Waals surface area contributed by atoms with E-state index >= 15 is 0 Å². The second-order valence-corrected chi connectivity index (χ2v) is 4.80. The molecule has 110 valence electrons. The van der Waals surface area contributed by atoms with Gasteiger partial charge in [-0.3, -0.25) is 4.79 Å². The van der Waals surface area contributed by atoms with Crippen LogP contribution in [0.1, 0.15) is 32.6 Å². The summed E-state index contributed by atoms with van der Waals surface area (Å²) in [5, 5.41) is 10.8. The van der Waals surface area contributed by atoms with Crippen LogP contribution in [0.5, 0.6) is 0 Å². The Morgan fingerprint density at radius 3 is 2.37 bits per heavy atom. The van der Waals surface area contributed by atoms with Gasteiger partial charge in [0.1, 0.15) is 5.54 Å². The Bertz CT molecular complexity index is 375. The Kier molecular flexibility index (Phi) is 4.42. The minimum Gasteiger partial charge on any atom is -0.479 e. The second kappa shape index (κ2) is 5.34. The lowest BCUT2D eigenvalue weighted by Gasteiger charge is -2.40. The molecule has 1 amide bonds. The normalized spacial score (nSPS) is 28.2. The lowest BCUT2D eigenvalue weighted by atomic mass is 9.73. The molecule has 0 bridgehead atoms. The van der Waals surface area contributed by atoms with Gasteiger partial charge in [0, 0.05) is 0 Å². The number of hydrogen-bond acceptors (Lipinski definition) is 2. The molecule has 2 atom stereocenters. The van der Waals surface area contributed by atoms with Gasteiger partial charge in [0.2, 0.25) is 0 Å². The molecule has 0 radical (unpaired) electrons. The summed E-state index contributed by atoms with van der Waals surface area (Å²) in [6.07, 6.45) is -2.66. The molecule has 1 rings (SSSR count). The smallest absolute Gasteiger partial charge is 0.383 e. The van der Waals surface area contributed by atoms with Crippen molar-refractivity contribution in [2.24, 2.45) is 5.92 Å². The molecule has 0 heterocycles. The zero-order chi connectivity index (χ0) is 14.8. The number of nitrogens with one attached hydrogen (secondary N) is 1. The summed E-state index contributed by atoms with van der Waals surface area (Å²) in [7, 11) is 0. The predicted octanol–water partition coefficient (Wildman–Crippen LogP) is 2.04. The number of carboxylic acids is 1. The fraction of sp³-hybridized carbons (Fsp3) is 0.818. The summed E-state index contributed by atoms with van der Waals surface area (Å²) in [6.45, 7) is 1.49. The van der Waals surface area contributed by atoms with Crippen LogP contribution in [0.3, 0.4) is 0 Å². The second-order valence-electron chi connectivity index (χ2n) is 4.80. The number of carboxylic acid groups (broad SMARTS) is 1. The summed E-state index contributed by atoms with van der Waals surface area (Å²) >= 11 is 0. The van der Waals surface area contributed by atoms with E-state index in [1.807, 2.05) is 0 Å². The molecule has 1 saturated carbocycles. The molecular weight excluding hydrogens is 270 g/mol. The average Bonchev–Trinajstić information content (AvgIpc) is 2.31.